The lowest BCUT2D eigenvalue weighted by Crippen LogP contribution is -1.95. The second-order valence-corrected chi connectivity index (χ2v) is 4.21. The Balaban J connectivity index is 2.28. The van der Waals surface area contributed by atoms with Crippen molar-refractivity contribution in [1.29, 1.82) is 0 Å². The van der Waals surface area contributed by atoms with E-state index in [1.54, 1.807) is 28.8 Å². The number of pyridine rings is 1. The van der Waals surface area contributed by atoms with Gasteiger partial charge in [0.25, 0.3) is 0 Å². The van der Waals surface area contributed by atoms with E-state index in [9.17, 15) is 4.39 Å². The molecule has 0 amide bonds. The van der Waals surface area contributed by atoms with Gasteiger partial charge >= 0.3 is 0 Å². The van der Waals surface area contributed by atoms with E-state index in [-0.39, 0.29) is 5.82 Å². The molecular formula is C12H8ClFN4. The minimum atomic E-state index is -0.328. The first-order valence-corrected chi connectivity index (χ1v) is 5.59. The van der Waals surface area contributed by atoms with Gasteiger partial charge in [0.05, 0.1) is 10.7 Å². The van der Waals surface area contributed by atoms with E-state index < -0.39 is 0 Å². The van der Waals surface area contributed by atoms with Crippen molar-refractivity contribution < 1.29 is 4.39 Å². The lowest BCUT2D eigenvalue weighted by atomic mass is 10.2. The summed E-state index contributed by atoms with van der Waals surface area (Å²) in [5.74, 6) is 0.194. The van der Waals surface area contributed by atoms with Gasteiger partial charge in [-0.3, -0.25) is 4.40 Å². The number of hydrogen-bond donors (Lipinski definition) is 1. The minimum Gasteiger partial charge on any atom is -0.394 e. The van der Waals surface area contributed by atoms with Crippen LogP contribution in [0.2, 0.25) is 5.02 Å². The molecule has 90 valence electrons. The molecule has 2 heterocycles. The van der Waals surface area contributed by atoms with Crippen LogP contribution in [-0.4, -0.2) is 14.6 Å². The third-order valence-corrected chi connectivity index (χ3v) is 2.98. The molecule has 3 aromatic rings. The Kier molecular flexibility index (Phi) is 2.41. The summed E-state index contributed by atoms with van der Waals surface area (Å²) in [6.45, 7) is 0. The van der Waals surface area contributed by atoms with Crippen molar-refractivity contribution >= 4 is 22.9 Å². The first-order valence-electron chi connectivity index (χ1n) is 5.21. The number of aromatic nitrogens is 3. The van der Waals surface area contributed by atoms with Crippen LogP contribution in [0.4, 0.5) is 10.1 Å². The maximum absolute atomic E-state index is 13.2. The summed E-state index contributed by atoms with van der Waals surface area (Å²) in [5.41, 5.74) is 7.25. The third kappa shape index (κ3) is 1.60. The molecule has 2 aromatic heterocycles. The van der Waals surface area contributed by atoms with Gasteiger partial charge in [0.1, 0.15) is 5.82 Å². The highest BCUT2D eigenvalue weighted by Gasteiger charge is 2.12. The first kappa shape index (κ1) is 11.0. The van der Waals surface area contributed by atoms with Gasteiger partial charge in [-0.25, -0.2) is 4.39 Å². The summed E-state index contributed by atoms with van der Waals surface area (Å²) in [6.07, 6.45) is 1.70. The standard InChI is InChI=1S/C12H8ClFN4/c13-9-4-5-18-11(16-17-12(18)10(9)15)7-2-1-3-8(14)6-7/h1-6H,15H2. The molecule has 0 fully saturated rings. The van der Waals surface area contributed by atoms with Crippen molar-refractivity contribution in [1.82, 2.24) is 14.6 Å². The molecular weight excluding hydrogens is 255 g/mol. The van der Waals surface area contributed by atoms with E-state index in [1.807, 2.05) is 0 Å². The summed E-state index contributed by atoms with van der Waals surface area (Å²) in [7, 11) is 0. The summed E-state index contributed by atoms with van der Waals surface area (Å²) in [4.78, 5) is 0. The van der Waals surface area contributed by atoms with Gasteiger partial charge in [-0.1, -0.05) is 23.7 Å². The summed E-state index contributed by atoms with van der Waals surface area (Å²) >= 11 is 5.90. The second kappa shape index (κ2) is 3.96. The quantitative estimate of drug-likeness (QED) is 0.734. The Labute approximate surface area is 107 Å². The maximum Gasteiger partial charge on any atom is 0.185 e. The SMILES string of the molecule is Nc1c(Cl)ccn2c(-c3cccc(F)c3)nnc12. The molecule has 0 saturated heterocycles. The van der Waals surface area contributed by atoms with Crippen molar-refractivity contribution in [3.05, 3.63) is 47.4 Å². The van der Waals surface area contributed by atoms with Crippen molar-refractivity contribution in [2.24, 2.45) is 0 Å². The van der Waals surface area contributed by atoms with Crippen LogP contribution in [-0.2, 0) is 0 Å². The molecule has 0 unspecified atom stereocenters. The van der Waals surface area contributed by atoms with Crippen molar-refractivity contribution in [3.8, 4) is 11.4 Å². The van der Waals surface area contributed by atoms with E-state index in [4.69, 9.17) is 17.3 Å². The number of nitrogens with zero attached hydrogens (tertiary/aromatic N) is 3. The first-order chi connectivity index (χ1) is 8.66. The summed E-state index contributed by atoms with van der Waals surface area (Å²) < 4.78 is 14.9. The average molecular weight is 263 g/mol. The number of nitrogen functional groups attached to an aromatic ring is 1. The summed E-state index contributed by atoms with van der Waals surface area (Å²) in [6, 6.07) is 7.78. The highest BCUT2D eigenvalue weighted by molar-refractivity contribution is 6.33. The largest absolute Gasteiger partial charge is 0.394 e. The number of hydrogen-bond acceptors (Lipinski definition) is 3. The molecule has 0 bridgehead atoms. The molecule has 1 aromatic carbocycles. The van der Waals surface area contributed by atoms with Gasteiger partial charge in [-0.05, 0) is 18.2 Å². The monoisotopic (exact) mass is 262 g/mol. The Bertz CT molecular complexity index is 738. The van der Waals surface area contributed by atoms with E-state index in [0.29, 0.717) is 27.7 Å². The van der Waals surface area contributed by atoms with Gasteiger partial charge in [0.15, 0.2) is 11.5 Å². The highest BCUT2D eigenvalue weighted by Crippen LogP contribution is 2.26. The number of fused-ring (bicyclic) bond motifs is 1. The number of nitrogens with two attached hydrogens (primary N) is 1. The number of rotatable bonds is 1. The molecule has 3 rings (SSSR count). The van der Waals surface area contributed by atoms with Crippen LogP contribution in [0.5, 0.6) is 0 Å². The van der Waals surface area contributed by atoms with E-state index in [0.717, 1.165) is 0 Å². The molecule has 0 aliphatic carbocycles. The zero-order valence-electron chi connectivity index (χ0n) is 9.14. The Hall–Kier alpha value is -2.14. The minimum absolute atomic E-state index is 0.328. The fourth-order valence-corrected chi connectivity index (χ4v) is 1.92. The predicted molar refractivity (Wildman–Crippen MR) is 67.8 cm³/mol. The number of benzene rings is 1. The van der Waals surface area contributed by atoms with Crippen LogP contribution in [0.15, 0.2) is 36.5 Å². The molecule has 0 atom stereocenters. The van der Waals surface area contributed by atoms with Crippen LogP contribution in [0, 0.1) is 5.82 Å². The van der Waals surface area contributed by atoms with E-state index in [2.05, 4.69) is 10.2 Å². The van der Waals surface area contributed by atoms with Crippen LogP contribution >= 0.6 is 11.6 Å². The third-order valence-electron chi connectivity index (χ3n) is 2.65. The predicted octanol–water partition coefficient (Wildman–Crippen LogP) is 2.77. The molecule has 2 N–H and O–H groups in total. The second-order valence-electron chi connectivity index (χ2n) is 3.80. The number of halogens is 2. The maximum atomic E-state index is 13.2. The van der Waals surface area contributed by atoms with Crippen LogP contribution in [0.25, 0.3) is 17.0 Å². The highest BCUT2D eigenvalue weighted by atomic mass is 35.5. The van der Waals surface area contributed by atoms with Gasteiger partial charge in [0, 0.05) is 11.8 Å². The Morgan fingerprint density at radius 2 is 2.06 bits per heavy atom. The van der Waals surface area contributed by atoms with Gasteiger partial charge in [-0.15, -0.1) is 10.2 Å². The lowest BCUT2D eigenvalue weighted by molar-refractivity contribution is 0.628. The topological polar surface area (TPSA) is 56.2 Å². The zero-order chi connectivity index (χ0) is 12.7. The summed E-state index contributed by atoms with van der Waals surface area (Å²) in [5, 5.41) is 8.40. The Morgan fingerprint density at radius 1 is 1.22 bits per heavy atom. The normalized spacial score (nSPS) is 11.0. The molecule has 18 heavy (non-hydrogen) atoms. The van der Waals surface area contributed by atoms with Gasteiger partial charge in [-0.2, -0.15) is 0 Å². The molecule has 4 nitrogen and oxygen atoms in total. The molecule has 0 aliphatic rings. The van der Waals surface area contributed by atoms with Gasteiger partial charge < -0.3 is 5.73 Å². The van der Waals surface area contributed by atoms with Crippen LogP contribution in [0.1, 0.15) is 0 Å². The fraction of sp³-hybridized carbons (Fsp3) is 0. The van der Waals surface area contributed by atoms with Crippen molar-refractivity contribution in [2.75, 3.05) is 5.73 Å². The van der Waals surface area contributed by atoms with Gasteiger partial charge in [0.2, 0.25) is 0 Å². The lowest BCUT2D eigenvalue weighted by Gasteiger charge is -2.02. The van der Waals surface area contributed by atoms with E-state index in [1.165, 1.54) is 12.1 Å². The van der Waals surface area contributed by atoms with Crippen molar-refractivity contribution in [2.45, 2.75) is 0 Å². The van der Waals surface area contributed by atoms with Crippen molar-refractivity contribution in [3.63, 3.8) is 0 Å². The van der Waals surface area contributed by atoms with Crippen LogP contribution < -0.4 is 5.73 Å². The fourth-order valence-electron chi connectivity index (χ4n) is 1.78. The van der Waals surface area contributed by atoms with E-state index >= 15 is 0 Å². The molecule has 0 aliphatic heterocycles. The molecule has 0 spiro atoms. The number of anilines is 1. The zero-order valence-corrected chi connectivity index (χ0v) is 9.89. The Morgan fingerprint density at radius 3 is 2.83 bits per heavy atom. The average Bonchev–Trinajstić information content (AvgIpc) is 2.78. The smallest absolute Gasteiger partial charge is 0.185 e. The van der Waals surface area contributed by atoms with Crippen LogP contribution in [0.3, 0.4) is 0 Å². The molecule has 6 heteroatoms. The molecule has 0 saturated carbocycles. The molecule has 0 radical (unpaired) electrons.